The molecule has 7 rings (SSSR count). The smallest absolute Gasteiger partial charge is 0.414 e. The number of carbonyl (C=O) groups excluding carboxylic acids is 2. The number of thiophene rings is 1. The Bertz CT molecular complexity index is 1700. The molecule has 2 atom stereocenters. The number of esters is 1. The number of anilines is 1. The molecule has 2 aromatic carbocycles. The van der Waals surface area contributed by atoms with Crippen molar-refractivity contribution < 1.29 is 39.0 Å². The van der Waals surface area contributed by atoms with Gasteiger partial charge < -0.3 is 24.4 Å². The van der Waals surface area contributed by atoms with Crippen LogP contribution in [0.25, 0.3) is 0 Å². The number of carbonyl (C=O) groups is 2. The van der Waals surface area contributed by atoms with Gasteiger partial charge in [-0.2, -0.15) is 0 Å². The molecule has 2 N–H and O–H groups in total. The molecule has 2 aromatic heterocycles. The largest absolute Gasteiger partial charge is 0.870 e. The van der Waals surface area contributed by atoms with Gasteiger partial charge in [-0.1, -0.05) is 47.5 Å². The van der Waals surface area contributed by atoms with Crippen LogP contribution in [-0.2, 0) is 22.4 Å². The number of hydrogen-bond acceptors (Lipinski definition) is 9. The van der Waals surface area contributed by atoms with E-state index in [0.717, 1.165) is 43.0 Å². The number of aromatic amines is 1. The van der Waals surface area contributed by atoms with Crippen LogP contribution in [0.4, 0.5) is 10.5 Å². The highest BCUT2D eigenvalue weighted by molar-refractivity contribution is 7.14. The SMILES string of the molecule is COc1ccc([C@H](Cc2c(Cl)c[nH+]cc2Cl)OC(=O)c2ccc(CN(C(=O)O[C@H]3CN4CCC3CC4)c3ccccc3)s2)cc1OC.[OH-]. The summed E-state index contributed by atoms with van der Waals surface area (Å²) in [4.78, 5) is 35.4. The van der Waals surface area contributed by atoms with Gasteiger partial charge in [0.2, 0.25) is 0 Å². The third-order valence-electron chi connectivity index (χ3n) is 8.73. The summed E-state index contributed by atoms with van der Waals surface area (Å²) in [5, 5.41) is 0.840. The molecule has 5 heterocycles. The van der Waals surface area contributed by atoms with Crippen LogP contribution in [0.3, 0.4) is 0 Å². The molecule has 254 valence electrons. The van der Waals surface area contributed by atoms with Gasteiger partial charge in [0, 0.05) is 29.1 Å². The van der Waals surface area contributed by atoms with Gasteiger partial charge >= 0.3 is 12.1 Å². The zero-order valence-electron chi connectivity index (χ0n) is 26.6. The van der Waals surface area contributed by atoms with Gasteiger partial charge in [0.25, 0.3) is 0 Å². The predicted octanol–water partition coefficient (Wildman–Crippen LogP) is 7.09. The fourth-order valence-electron chi connectivity index (χ4n) is 6.16. The highest BCUT2D eigenvalue weighted by Crippen LogP contribution is 2.36. The zero-order chi connectivity index (χ0) is 32.9. The number of halogens is 2. The van der Waals surface area contributed by atoms with Crippen LogP contribution >= 0.6 is 34.5 Å². The van der Waals surface area contributed by atoms with Crippen molar-refractivity contribution in [1.29, 1.82) is 0 Å². The molecule has 1 amide bonds. The number of nitrogens with one attached hydrogen (secondary N) is 1. The Morgan fingerprint density at radius 2 is 1.69 bits per heavy atom. The predicted molar refractivity (Wildman–Crippen MR) is 183 cm³/mol. The molecular formula is C35H37Cl2N3O7S. The molecule has 3 aliphatic rings. The first-order chi connectivity index (χ1) is 22.8. The van der Waals surface area contributed by atoms with Crippen molar-refractivity contribution in [1.82, 2.24) is 4.90 Å². The van der Waals surface area contributed by atoms with Crippen molar-refractivity contribution in [3.63, 3.8) is 0 Å². The lowest BCUT2D eigenvalue weighted by Gasteiger charge is -2.44. The summed E-state index contributed by atoms with van der Waals surface area (Å²) in [6.07, 6.45) is 4.30. The second kappa shape index (κ2) is 16.0. The van der Waals surface area contributed by atoms with E-state index in [-0.39, 0.29) is 24.5 Å². The van der Waals surface area contributed by atoms with E-state index in [0.29, 0.717) is 43.5 Å². The first kappa shape index (κ1) is 35.4. The minimum atomic E-state index is -0.748. The molecule has 48 heavy (non-hydrogen) atoms. The molecule has 3 saturated heterocycles. The van der Waals surface area contributed by atoms with E-state index in [2.05, 4.69) is 9.88 Å². The van der Waals surface area contributed by atoms with E-state index in [1.807, 2.05) is 42.5 Å². The summed E-state index contributed by atoms with van der Waals surface area (Å²) in [5.74, 6) is 0.915. The number of benzene rings is 2. The number of pyridine rings is 1. The van der Waals surface area contributed by atoms with Crippen LogP contribution in [0.5, 0.6) is 11.5 Å². The van der Waals surface area contributed by atoms with Gasteiger partial charge in [0.05, 0.1) is 20.8 Å². The lowest BCUT2D eigenvalue weighted by molar-refractivity contribution is -0.377. The number of ether oxygens (including phenoxy) is 4. The van der Waals surface area contributed by atoms with Crippen LogP contribution in [0, 0.1) is 5.92 Å². The van der Waals surface area contributed by atoms with Gasteiger partial charge in [0.1, 0.15) is 27.1 Å². The van der Waals surface area contributed by atoms with E-state index < -0.39 is 18.2 Å². The number of H-pyrrole nitrogens is 1. The average Bonchev–Trinajstić information content (AvgIpc) is 3.58. The van der Waals surface area contributed by atoms with E-state index in [9.17, 15) is 9.59 Å². The highest BCUT2D eigenvalue weighted by Gasteiger charge is 2.37. The summed E-state index contributed by atoms with van der Waals surface area (Å²) < 4.78 is 23.1. The Morgan fingerprint density at radius 3 is 2.33 bits per heavy atom. The topological polar surface area (TPSA) is 122 Å². The molecule has 10 nitrogen and oxygen atoms in total. The fraction of sp³-hybridized carbons (Fsp3) is 0.343. The first-order valence-electron chi connectivity index (χ1n) is 15.4. The fourth-order valence-corrected chi connectivity index (χ4v) is 7.57. The second-order valence-electron chi connectivity index (χ2n) is 11.6. The summed E-state index contributed by atoms with van der Waals surface area (Å²) in [6, 6.07) is 18.3. The lowest BCUT2D eigenvalue weighted by Crippen LogP contribution is -2.53. The maximum atomic E-state index is 13.7. The summed E-state index contributed by atoms with van der Waals surface area (Å²) in [5.41, 5.74) is 2.03. The van der Waals surface area contributed by atoms with Gasteiger partial charge in [-0.05, 0) is 73.8 Å². The third-order valence-corrected chi connectivity index (χ3v) is 10.5. The Kier molecular flexibility index (Phi) is 11.8. The first-order valence-corrected chi connectivity index (χ1v) is 17.0. The molecule has 13 heteroatoms. The molecular weight excluding hydrogens is 677 g/mol. The van der Waals surface area contributed by atoms with E-state index in [4.69, 9.17) is 42.1 Å². The molecule has 3 aliphatic heterocycles. The number of fused-ring (bicyclic) bond motifs is 3. The Morgan fingerprint density at radius 1 is 0.979 bits per heavy atom. The molecule has 0 unspecified atom stereocenters. The number of para-hydroxylation sites is 1. The number of nitrogens with zero attached hydrogens (tertiary/aromatic N) is 2. The van der Waals surface area contributed by atoms with Crippen molar-refractivity contribution in [2.75, 3.05) is 38.8 Å². The lowest BCUT2D eigenvalue weighted by atomic mass is 9.86. The Labute approximate surface area is 293 Å². The molecule has 3 fully saturated rings. The average molecular weight is 715 g/mol. The normalized spacial score (nSPS) is 18.7. The summed E-state index contributed by atoms with van der Waals surface area (Å²) >= 11 is 14.2. The molecule has 4 aromatic rings. The van der Waals surface area contributed by atoms with Crippen LogP contribution < -0.4 is 19.4 Å². The molecule has 0 aliphatic carbocycles. The van der Waals surface area contributed by atoms with Crippen molar-refractivity contribution >= 4 is 52.3 Å². The molecule has 0 radical (unpaired) electrons. The van der Waals surface area contributed by atoms with E-state index in [1.165, 1.54) is 11.3 Å². The van der Waals surface area contributed by atoms with Crippen molar-refractivity contribution in [3.05, 3.63) is 104 Å². The van der Waals surface area contributed by atoms with Crippen molar-refractivity contribution in [3.8, 4) is 11.5 Å². The molecule has 2 bridgehead atoms. The van der Waals surface area contributed by atoms with Crippen LogP contribution in [-0.4, -0.2) is 62.4 Å². The minimum Gasteiger partial charge on any atom is -0.870 e. The highest BCUT2D eigenvalue weighted by atomic mass is 35.5. The maximum Gasteiger partial charge on any atom is 0.414 e. The van der Waals surface area contributed by atoms with Gasteiger partial charge in [-0.25, -0.2) is 14.6 Å². The maximum absolute atomic E-state index is 13.7. The van der Waals surface area contributed by atoms with Gasteiger partial charge in [-0.3, -0.25) is 9.80 Å². The quantitative estimate of drug-likeness (QED) is 0.151. The van der Waals surface area contributed by atoms with Gasteiger partial charge in [-0.15, -0.1) is 11.3 Å². The number of amides is 1. The number of methoxy groups -OCH3 is 2. The number of piperidine rings is 3. The number of rotatable bonds is 11. The van der Waals surface area contributed by atoms with Crippen LogP contribution in [0.2, 0.25) is 10.0 Å². The summed E-state index contributed by atoms with van der Waals surface area (Å²) in [6.45, 7) is 3.14. The monoisotopic (exact) mass is 713 g/mol. The van der Waals surface area contributed by atoms with Crippen molar-refractivity contribution in [2.45, 2.75) is 38.0 Å². The standard InChI is InChI=1S/C35H35Cl2N3O6S.H2O/c1-43-29-10-8-23(16-31(29)44-2)30(17-26-27(36)18-38-19-28(26)37)45-34(41)33-11-9-25(47-33)20-40(24-6-4-3-5-7-24)35(42)46-32-21-39-14-12-22(32)13-15-39;/h3-11,16,18-19,22,30,32H,12-15,17,20-21H2,1-2H3;1H2/t30-,32-;/m0./s1. The Hall–Kier alpha value is -3.87. The van der Waals surface area contributed by atoms with Crippen molar-refractivity contribution in [2.24, 2.45) is 5.92 Å². The number of hydrogen-bond donors (Lipinski definition) is 0. The molecule has 0 spiro atoms. The zero-order valence-corrected chi connectivity index (χ0v) is 28.9. The molecule has 0 saturated carbocycles. The Balaban J connectivity index is 0.00000451. The van der Waals surface area contributed by atoms with Gasteiger partial charge in [0.15, 0.2) is 23.9 Å². The van der Waals surface area contributed by atoms with Crippen LogP contribution in [0.15, 0.2) is 73.1 Å². The second-order valence-corrected chi connectivity index (χ2v) is 13.6. The third kappa shape index (κ3) is 8.04. The number of aromatic nitrogens is 1. The summed E-state index contributed by atoms with van der Waals surface area (Å²) in [7, 11) is 3.10. The minimum absolute atomic E-state index is 0. The van der Waals surface area contributed by atoms with E-state index >= 15 is 0 Å². The van der Waals surface area contributed by atoms with Crippen LogP contribution in [0.1, 0.15) is 44.6 Å². The van der Waals surface area contributed by atoms with E-state index in [1.54, 1.807) is 49.7 Å².